The summed E-state index contributed by atoms with van der Waals surface area (Å²) in [6.45, 7) is 0. The van der Waals surface area contributed by atoms with Crippen LogP contribution in [-0.2, 0) is 0 Å². The van der Waals surface area contributed by atoms with Crippen LogP contribution in [0.1, 0.15) is 0 Å². The topological polar surface area (TPSA) is 18.1 Å². The number of hydrogen-bond acceptors (Lipinski definition) is 1. The Kier molecular flexibility index (Phi) is 4.47. The second-order valence-electron chi connectivity index (χ2n) is 7.82. The van der Waals surface area contributed by atoms with E-state index in [0.29, 0.717) is 0 Å². The summed E-state index contributed by atoms with van der Waals surface area (Å²) in [5.41, 5.74) is 5.56. The summed E-state index contributed by atoms with van der Waals surface area (Å²) < 4.78 is 8.88. The summed E-state index contributed by atoms with van der Waals surface area (Å²) in [6, 6.07) is 41.9. The van der Waals surface area contributed by atoms with Crippen molar-refractivity contribution in [3.8, 4) is 39.6 Å². The summed E-state index contributed by atoms with van der Waals surface area (Å²) in [5.74, 6) is 1.80. The van der Waals surface area contributed by atoms with Gasteiger partial charge in [0.2, 0.25) is 0 Å². The van der Waals surface area contributed by atoms with Crippen molar-refractivity contribution in [3.05, 3.63) is 128 Å². The maximum Gasteiger partial charge on any atom is 0.144 e. The van der Waals surface area contributed by atoms with Crippen LogP contribution in [0, 0.1) is 0 Å². The largest absolute Gasteiger partial charge is 0.455 e. The molecule has 0 N–H and O–H groups in total. The van der Waals surface area contributed by atoms with Gasteiger partial charge in [0, 0.05) is 33.8 Å². The molecule has 0 aliphatic carbocycles. The second kappa shape index (κ2) is 7.75. The molecule has 0 saturated heterocycles. The van der Waals surface area contributed by atoms with Gasteiger partial charge in [-0.3, -0.25) is 0 Å². The maximum atomic E-state index is 6.64. The van der Waals surface area contributed by atoms with Crippen LogP contribution in [0.25, 0.3) is 50.4 Å². The number of benzene rings is 4. The predicted octanol–water partition coefficient (Wildman–Crippen LogP) is 8.22. The lowest BCUT2D eigenvalue weighted by atomic mass is 10.0. The number of rotatable bonds is 4. The van der Waals surface area contributed by atoms with Crippen LogP contribution in [0.3, 0.4) is 0 Å². The van der Waals surface area contributed by atoms with Crippen LogP contribution in [0.15, 0.2) is 132 Å². The molecule has 0 radical (unpaired) electrons. The fraction of sp³-hybridized carbons (Fsp3) is 0. The third-order valence-electron chi connectivity index (χ3n) is 5.87. The lowest BCUT2D eigenvalue weighted by Gasteiger charge is -2.11. The third kappa shape index (κ3) is 3.05. The molecule has 0 amide bonds. The Morgan fingerprint density at radius 2 is 1.00 bits per heavy atom. The van der Waals surface area contributed by atoms with Gasteiger partial charge in [-0.1, -0.05) is 103 Å². The molecule has 0 saturated carbocycles. The average Bonchev–Trinajstić information content (AvgIpc) is 3.48. The Morgan fingerprint density at radius 1 is 0.469 bits per heavy atom. The van der Waals surface area contributed by atoms with Gasteiger partial charge in [-0.25, -0.2) is 0 Å². The van der Waals surface area contributed by atoms with Gasteiger partial charge < -0.3 is 8.98 Å². The van der Waals surface area contributed by atoms with Crippen molar-refractivity contribution in [1.29, 1.82) is 0 Å². The van der Waals surface area contributed by atoms with Crippen molar-refractivity contribution in [2.45, 2.75) is 0 Å². The molecule has 2 nitrogen and oxygen atoms in total. The highest BCUT2D eigenvalue weighted by Gasteiger charge is 2.21. The standard InChI is InChI=1S/C30H21NO/c1-4-12-22(13-5-1)28-27(20-21-31(28)24-16-8-3-9-17-24)30-26-19-11-10-18-25(26)29(32-30)23-14-6-2-7-15-23/h1-21H. The van der Waals surface area contributed by atoms with Crippen molar-refractivity contribution in [3.63, 3.8) is 0 Å². The van der Waals surface area contributed by atoms with Crippen LogP contribution in [0.4, 0.5) is 0 Å². The van der Waals surface area contributed by atoms with Gasteiger partial charge >= 0.3 is 0 Å². The van der Waals surface area contributed by atoms with Crippen LogP contribution in [0.2, 0.25) is 0 Å². The summed E-state index contributed by atoms with van der Waals surface area (Å²) in [5, 5.41) is 2.24. The van der Waals surface area contributed by atoms with Crippen molar-refractivity contribution in [2.24, 2.45) is 0 Å². The summed E-state index contributed by atoms with van der Waals surface area (Å²) >= 11 is 0. The highest BCUT2D eigenvalue weighted by atomic mass is 16.3. The van der Waals surface area contributed by atoms with E-state index in [4.69, 9.17) is 4.42 Å². The first kappa shape index (κ1) is 18.5. The van der Waals surface area contributed by atoms with Crippen molar-refractivity contribution >= 4 is 10.8 Å². The zero-order valence-electron chi connectivity index (χ0n) is 17.5. The van der Waals surface area contributed by atoms with Crippen LogP contribution in [0.5, 0.6) is 0 Å². The Bertz CT molecular complexity index is 1490. The molecule has 2 heteroatoms. The van der Waals surface area contributed by atoms with Crippen molar-refractivity contribution in [2.75, 3.05) is 0 Å². The van der Waals surface area contributed by atoms with E-state index in [1.54, 1.807) is 0 Å². The highest BCUT2D eigenvalue weighted by molar-refractivity contribution is 6.04. The van der Waals surface area contributed by atoms with Gasteiger partial charge in [-0.2, -0.15) is 0 Å². The Labute approximate surface area is 187 Å². The molecule has 152 valence electrons. The number of hydrogen-bond donors (Lipinski definition) is 0. The van der Waals surface area contributed by atoms with E-state index < -0.39 is 0 Å². The lowest BCUT2D eigenvalue weighted by Crippen LogP contribution is -1.95. The first-order valence-electron chi connectivity index (χ1n) is 10.8. The fourth-order valence-electron chi connectivity index (χ4n) is 4.41. The van der Waals surface area contributed by atoms with Crippen molar-refractivity contribution < 1.29 is 4.42 Å². The van der Waals surface area contributed by atoms with Crippen LogP contribution < -0.4 is 0 Å². The van der Waals surface area contributed by atoms with E-state index in [1.165, 1.54) is 0 Å². The lowest BCUT2D eigenvalue weighted by molar-refractivity contribution is 0.602. The monoisotopic (exact) mass is 411 g/mol. The van der Waals surface area contributed by atoms with Crippen LogP contribution in [-0.4, -0.2) is 4.57 Å². The fourth-order valence-corrected chi connectivity index (χ4v) is 4.41. The van der Waals surface area contributed by atoms with E-state index in [2.05, 4.69) is 108 Å². The molecule has 0 unspecified atom stereocenters. The summed E-state index contributed by atoms with van der Waals surface area (Å²) in [6.07, 6.45) is 2.13. The first-order valence-corrected chi connectivity index (χ1v) is 10.8. The normalized spacial score (nSPS) is 11.1. The van der Waals surface area contributed by atoms with E-state index in [0.717, 1.165) is 50.4 Å². The Balaban J connectivity index is 1.65. The van der Waals surface area contributed by atoms with E-state index >= 15 is 0 Å². The van der Waals surface area contributed by atoms with E-state index in [9.17, 15) is 0 Å². The zero-order valence-corrected chi connectivity index (χ0v) is 17.5. The molecule has 4 aromatic carbocycles. The first-order chi connectivity index (χ1) is 15.9. The highest BCUT2D eigenvalue weighted by Crippen LogP contribution is 2.43. The van der Waals surface area contributed by atoms with Gasteiger partial charge in [0.05, 0.1) is 5.69 Å². The molecular formula is C30H21NO. The van der Waals surface area contributed by atoms with Gasteiger partial charge in [0.15, 0.2) is 0 Å². The third-order valence-corrected chi connectivity index (χ3v) is 5.87. The molecule has 0 aliphatic heterocycles. The molecule has 6 aromatic rings. The molecule has 2 heterocycles. The number of furan rings is 1. The average molecular weight is 412 g/mol. The second-order valence-corrected chi connectivity index (χ2v) is 7.82. The minimum Gasteiger partial charge on any atom is -0.455 e. The molecular weight excluding hydrogens is 390 g/mol. The zero-order chi connectivity index (χ0) is 21.3. The van der Waals surface area contributed by atoms with Gasteiger partial charge in [-0.05, 0) is 23.8 Å². The Morgan fingerprint density at radius 3 is 1.66 bits per heavy atom. The maximum absolute atomic E-state index is 6.64. The summed E-state index contributed by atoms with van der Waals surface area (Å²) in [4.78, 5) is 0. The molecule has 0 spiro atoms. The Hall–Kier alpha value is -4.30. The molecule has 0 fully saturated rings. The van der Waals surface area contributed by atoms with Gasteiger partial charge in [0.1, 0.15) is 11.5 Å². The smallest absolute Gasteiger partial charge is 0.144 e. The minimum atomic E-state index is 0.896. The molecule has 0 atom stereocenters. The van der Waals surface area contributed by atoms with E-state index in [1.807, 2.05) is 24.3 Å². The van der Waals surface area contributed by atoms with E-state index in [-0.39, 0.29) is 0 Å². The van der Waals surface area contributed by atoms with Gasteiger partial charge in [0.25, 0.3) is 0 Å². The SMILES string of the molecule is c1ccc(-c2oc(-c3ccn(-c4ccccc4)c3-c3ccccc3)c3ccccc23)cc1. The minimum absolute atomic E-state index is 0.896. The predicted molar refractivity (Wildman–Crippen MR) is 132 cm³/mol. The summed E-state index contributed by atoms with van der Waals surface area (Å²) in [7, 11) is 0. The molecule has 0 bridgehead atoms. The quantitative estimate of drug-likeness (QED) is 0.286. The molecule has 2 aromatic heterocycles. The van der Waals surface area contributed by atoms with Crippen LogP contribution >= 0.6 is 0 Å². The molecule has 6 rings (SSSR count). The molecule has 0 aliphatic rings. The van der Waals surface area contributed by atoms with Gasteiger partial charge in [-0.15, -0.1) is 0 Å². The number of para-hydroxylation sites is 1. The number of fused-ring (bicyclic) bond motifs is 1. The molecule has 32 heavy (non-hydrogen) atoms. The van der Waals surface area contributed by atoms with Crippen molar-refractivity contribution in [1.82, 2.24) is 4.57 Å². The number of nitrogens with zero attached hydrogens (tertiary/aromatic N) is 1. The number of aromatic nitrogens is 1.